The number of ether oxygens (including phenoxy) is 1. The molecule has 1 amide bonds. The fourth-order valence-corrected chi connectivity index (χ4v) is 2.70. The second-order valence-electron chi connectivity index (χ2n) is 4.96. The third-order valence-corrected chi connectivity index (χ3v) is 3.64. The number of aromatic amines is 1. The molecule has 1 aromatic heterocycles. The van der Waals surface area contributed by atoms with E-state index >= 15 is 0 Å². The summed E-state index contributed by atoms with van der Waals surface area (Å²) in [7, 11) is 1.59. The topological polar surface area (TPSA) is 62.4 Å². The Bertz CT molecular complexity index is 722. The fraction of sp³-hybridized carbons (Fsp3) is 0.250. The van der Waals surface area contributed by atoms with E-state index in [1.165, 1.54) is 6.07 Å². The molecule has 0 bridgehead atoms. The Labute approximate surface area is 122 Å². The molecule has 0 aliphatic carbocycles. The molecule has 0 saturated heterocycles. The molecule has 21 heavy (non-hydrogen) atoms. The van der Waals surface area contributed by atoms with E-state index in [-0.39, 0.29) is 11.5 Å². The molecular formula is C16H16N2O3. The Balaban J connectivity index is 2.06. The first-order chi connectivity index (χ1) is 10.2. The number of anilines is 1. The summed E-state index contributed by atoms with van der Waals surface area (Å²) in [4.78, 5) is 28.3. The molecule has 0 fully saturated rings. The molecule has 1 N–H and O–H groups in total. The van der Waals surface area contributed by atoms with Gasteiger partial charge in [-0.15, -0.1) is 0 Å². The number of aromatic nitrogens is 1. The SMILES string of the molecule is COc1cccc2c1N(C(=O)c1cccc(=O)[nH]1)CCC2. The van der Waals surface area contributed by atoms with E-state index < -0.39 is 0 Å². The van der Waals surface area contributed by atoms with Crippen LogP contribution in [0.4, 0.5) is 5.69 Å². The van der Waals surface area contributed by atoms with Gasteiger partial charge in [0.15, 0.2) is 0 Å². The number of rotatable bonds is 2. The number of methoxy groups -OCH3 is 1. The number of hydrogen-bond acceptors (Lipinski definition) is 3. The molecule has 0 unspecified atom stereocenters. The molecule has 2 aromatic rings. The van der Waals surface area contributed by atoms with Crippen LogP contribution in [0.5, 0.6) is 5.75 Å². The van der Waals surface area contributed by atoms with E-state index in [2.05, 4.69) is 4.98 Å². The zero-order valence-electron chi connectivity index (χ0n) is 11.8. The lowest BCUT2D eigenvalue weighted by molar-refractivity contribution is 0.0979. The van der Waals surface area contributed by atoms with Crippen molar-refractivity contribution in [3.05, 3.63) is 58.0 Å². The third kappa shape index (κ3) is 2.42. The second kappa shape index (κ2) is 5.44. The predicted molar refractivity (Wildman–Crippen MR) is 80.1 cm³/mol. The van der Waals surface area contributed by atoms with Crippen LogP contribution in [0.25, 0.3) is 0 Å². The number of pyridine rings is 1. The van der Waals surface area contributed by atoms with Crippen molar-refractivity contribution < 1.29 is 9.53 Å². The molecular weight excluding hydrogens is 268 g/mol. The van der Waals surface area contributed by atoms with Gasteiger partial charge in [-0.2, -0.15) is 0 Å². The largest absolute Gasteiger partial charge is 0.495 e. The molecule has 5 nitrogen and oxygen atoms in total. The number of aryl methyl sites for hydroxylation is 1. The zero-order valence-corrected chi connectivity index (χ0v) is 11.8. The maximum absolute atomic E-state index is 12.7. The number of hydrogen-bond donors (Lipinski definition) is 1. The van der Waals surface area contributed by atoms with Gasteiger partial charge in [-0.05, 0) is 30.5 Å². The number of carbonyl (C=O) groups is 1. The van der Waals surface area contributed by atoms with Crippen LogP contribution in [0.2, 0.25) is 0 Å². The van der Waals surface area contributed by atoms with Crippen molar-refractivity contribution in [1.29, 1.82) is 0 Å². The highest BCUT2D eigenvalue weighted by Gasteiger charge is 2.27. The molecule has 0 spiro atoms. The molecule has 3 rings (SSSR count). The highest BCUT2D eigenvalue weighted by Crippen LogP contribution is 2.36. The van der Waals surface area contributed by atoms with E-state index in [1.54, 1.807) is 24.1 Å². The van der Waals surface area contributed by atoms with Crippen molar-refractivity contribution in [3.63, 3.8) is 0 Å². The second-order valence-corrected chi connectivity index (χ2v) is 4.96. The Hall–Kier alpha value is -2.56. The fourth-order valence-electron chi connectivity index (χ4n) is 2.70. The van der Waals surface area contributed by atoms with Crippen molar-refractivity contribution in [2.75, 3.05) is 18.6 Å². The molecule has 0 atom stereocenters. The van der Waals surface area contributed by atoms with E-state index in [0.29, 0.717) is 18.0 Å². The minimum Gasteiger partial charge on any atom is -0.495 e. The number of nitrogens with one attached hydrogen (secondary N) is 1. The van der Waals surface area contributed by atoms with E-state index in [1.807, 2.05) is 18.2 Å². The number of benzene rings is 1. The summed E-state index contributed by atoms with van der Waals surface area (Å²) < 4.78 is 5.39. The summed E-state index contributed by atoms with van der Waals surface area (Å²) in [6.07, 6.45) is 1.81. The molecule has 0 saturated carbocycles. The van der Waals surface area contributed by atoms with Crippen molar-refractivity contribution in [2.24, 2.45) is 0 Å². The van der Waals surface area contributed by atoms with E-state index in [0.717, 1.165) is 24.1 Å². The van der Waals surface area contributed by atoms with Crippen LogP contribution in [-0.4, -0.2) is 24.5 Å². The number of carbonyl (C=O) groups excluding carboxylic acids is 1. The summed E-state index contributed by atoms with van der Waals surface area (Å²) in [6, 6.07) is 10.4. The maximum atomic E-state index is 12.7. The van der Waals surface area contributed by atoms with Crippen molar-refractivity contribution in [3.8, 4) is 5.75 Å². The van der Waals surface area contributed by atoms with Gasteiger partial charge in [0, 0.05) is 12.6 Å². The van der Waals surface area contributed by atoms with Gasteiger partial charge in [0.2, 0.25) is 5.56 Å². The summed E-state index contributed by atoms with van der Waals surface area (Å²) in [5.74, 6) is 0.469. The van der Waals surface area contributed by atoms with Gasteiger partial charge in [-0.25, -0.2) is 0 Å². The third-order valence-electron chi connectivity index (χ3n) is 3.64. The Morgan fingerprint density at radius 3 is 2.81 bits per heavy atom. The summed E-state index contributed by atoms with van der Waals surface area (Å²) in [5.41, 5.74) is 1.91. The minimum atomic E-state index is -0.280. The monoisotopic (exact) mass is 284 g/mol. The Morgan fingerprint density at radius 1 is 1.24 bits per heavy atom. The van der Waals surface area contributed by atoms with Crippen LogP contribution in [-0.2, 0) is 6.42 Å². The first-order valence-electron chi connectivity index (χ1n) is 6.88. The molecule has 108 valence electrons. The average Bonchev–Trinajstić information content (AvgIpc) is 2.53. The lowest BCUT2D eigenvalue weighted by atomic mass is 10.0. The number of para-hydroxylation sites is 1. The molecule has 1 aliphatic heterocycles. The number of nitrogens with zero attached hydrogens (tertiary/aromatic N) is 1. The maximum Gasteiger partial charge on any atom is 0.274 e. The van der Waals surface area contributed by atoms with Crippen molar-refractivity contribution in [1.82, 2.24) is 4.98 Å². The molecule has 1 aromatic carbocycles. The number of H-pyrrole nitrogens is 1. The van der Waals surface area contributed by atoms with Crippen LogP contribution in [0.3, 0.4) is 0 Å². The van der Waals surface area contributed by atoms with Crippen molar-refractivity contribution in [2.45, 2.75) is 12.8 Å². The van der Waals surface area contributed by atoms with Crippen LogP contribution in [0.1, 0.15) is 22.5 Å². The number of fused-ring (bicyclic) bond motifs is 1. The van der Waals surface area contributed by atoms with Gasteiger partial charge >= 0.3 is 0 Å². The van der Waals surface area contributed by atoms with E-state index in [9.17, 15) is 9.59 Å². The quantitative estimate of drug-likeness (QED) is 0.917. The van der Waals surface area contributed by atoms with Crippen molar-refractivity contribution >= 4 is 11.6 Å². The Kier molecular flexibility index (Phi) is 3.48. The zero-order chi connectivity index (χ0) is 14.8. The first-order valence-corrected chi connectivity index (χ1v) is 6.88. The van der Waals surface area contributed by atoms with Gasteiger partial charge in [-0.1, -0.05) is 18.2 Å². The van der Waals surface area contributed by atoms with Crippen LogP contribution < -0.4 is 15.2 Å². The predicted octanol–water partition coefficient (Wildman–Crippen LogP) is 1.98. The van der Waals surface area contributed by atoms with Gasteiger partial charge < -0.3 is 14.6 Å². The lowest BCUT2D eigenvalue weighted by Crippen LogP contribution is -2.37. The molecule has 0 radical (unpaired) electrons. The first kappa shape index (κ1) is 13.4. The van der Waals surface area contributed by atoms with Crippen LogP contribution in [0, 0.1) is 0 Å². The standard InChI is InChI=1S/C16H16N2O3/c1-21-13-8-2-5-11-6-4-10-18(15(11)13)16(20)12-7-3-9-14(19)17-12/h2-3,5,7-9H,4,6,10H2,1H3,(H,17,19). The summed E-state index contributed by atoms with van der Waals surface area (Å²) in [5, 5.41) is 0. The highest BCUT2D eigenvalue weighted by atomic mass is 16.5. The van der Waals surface area contributed by atoms with E-state index in [4.69, 9.17) is 4.74 Å². The van der Waals surface area contributed by atoms with Crippen LogP contribution in [0.15, 0.2) is 41.2 Å². The molecule has 1 aliphatic rings. The summed E-state index contributed by atoms with van der Waals surface area (Å²) in [6.45, 7) is 0.614. The summed E-state index contributed by atoms with van der Waals surface area (Å²) >= 11 is 0. The average molecular weight is 284 g/mol. The van der Waals surface area contributed by atoms with Gasteiger partial charge in [-0.3, -0.25) is 9.59 Å². The minimum absolute atomic E-state index is 0.210. The van der Waals surface area contributed by atoms with Gasteiger partial charge in [0.05, 0.1) is 12.8 Å². The highest BCUT2D eigenvalue weighted by molar-refractivity contribution is 6.06. The lowest BCUT2D eigenvalue weighted by Gasteiger charge is -2.30. The van der Waals surface area contributed by atoms with Crippen LogP contribution >= 0.6 is 0 Å². The van der Waals surface area contributed by atoms with Gasteiger partial charge in [0.1, 0.15) is 11.4 Å². The van der Waals surface area contributed by atoms with Gasteiger partial charge in [0.25, 0.3) is 5.91 Å². The normalized spacial score (nSPS) is 13.7. The smallest absolute Gasteiger partial charge is 0.274 e. The molecule has 2 heterocycles. The molecule has 5 heteroatoms. The number of amides is 1. The Morgan fingerprint density at radius 2 is 2.05 bits per heavy atom.